The van der Waals surface area contributed by atoms with Crippen molar-refractivity contribution in [2.24, 2.45) is 9.98 Å². The molecule has 0 fully saturated rings. The van der Waals surface area contributed by atoms with Crippen LogP contribution in [0.25, 0.3) is 0 Å². The zero-order valence-electron chi connectivity index (χ0n) is 9.88. The van der Waals surface area contributed by atoms with Crippen LogP contribution in [0.15, 0.2) is 34.3 Å². The molecule has 2 unspecified atom stereocenters. The number of rotatable bonds is 5. The summed E-state index contributed by atoms with van der Waals surface area (Å²) in [5.74, 6) is 0. The third-order valence-corrected chi connectivity index (χ3v) is 2.65. The average Bonchev–Trinajstić information content (AvgIpc) is 2.36. The number of carbonyl (C=O) groups excluding carboxylic acids is 2. The first-order valence-electron chi connectivity index (χ1n) is 5.46. The van der Waals surface area contributed by atoms with Crippen molar-refractivity contribution in [1.29, 1.82) is 0 Å². The van der Waals surface area contributed by atoms with Crippen LogP contribution in [0.1, 0.15) is 43.5 Å². The van der Waals surface area contributed by atoms with Gasteiger partial charge in [-0.3, -0.25) is 0 Å². The molecule has 0 amide bonds. The number of hydrogen-bond donors (Lipinski definition) is 0. The van der Waals surface area contributed by atoms with E-state index in [2.05, 4.69) is 9.98 Å². The molecule has 0 N–H and O–H groups in total. The first-order valence-corrected chi connectivity index (χ1v) is 5.46. The molecular weight excluding hydrogens is 216 g/mol. The molecule has 0 aliphatic heterocycles. The van der Waals surface area contributed by atoms with Gasteiger partial charge in [0.05, 0.1) is 12.1 Å². The van der Waals surface area contributed by atoms with Crippen molar-refractivity contribution >= 4 is 12.2 Å². The summed E-state index contributed by atoms with van der Waals surface area (Å²) >= 11 is 0. The summed E-state index contributed by atoms with van der Waals surface area (Å²) in [6.45, 7) is 3.78. The first kappa shape index (κ1) is 13.0. The molecule has 4 nitrogen and oxygen atoms in total. The van der Waals surface area contributed by atoms with Gasteiger partial charge < -0.3 is 0 Å². The fourth-order valence-electron chi connectivity index (χ4n) is 1.62. The van der Waals surface area contributed by atoms with E-state index in [1.807, 2.05) is 38.1 Å². The largest absolute Gasteiger partial charge is 0.235 e. The fraction of sp³-hybridized carbons (Fsp3) is 0.385. The Bertz CT molecular complexity index is 455. The summed E-state index contributed by atoms with van der Waals surface area (Å²) in [6.07, 6.45) is 3.87. The molecule has 0 saturated carbocycles. The molecule has 0 aliphatic rings. The SMILES string of the molecule is CCC(N=C=O)c1ccc(C(C)N=C=O)cc1. The Morgan fingerprint density at radius 2 is 1.59 bits per heavy atom. The number of benzene rings is 1. The van der Waals surface area contributed by atoms with Gasteiger partial charge in [-0.1, -0.05) is 31.2 Å². The first-order chi connectivity index (χ1) is 8.22. The summed E-state index contributed by atoms with van der Waals surface area (Å²) in [7, 11) is 0. The van der Waals surface area contributed by atoms with Crippen LogP contribution in [0.4, 0.5) is 0 Å². The van der Waals surface area contributed by atoms with Gasteiger partial charge in [0.1, 0.15) is 0 Å². The lowest BCUT2D eigenvalue weighted by Crippen LogP contribution is -1.95. The summed E-state index contributed by atoms with van der Waals surface area (Å²) in [5.41, 5.74) is 1.89. The van der Waals surface area contributed by atoms with Gasteiger partial charge in [-0.25, -0.2) is 9.59 Å². The van der Waals surface area contributed by atoms with Crippen molar-refractivity contribution in [2.75, 3.05) is 0 Å². The van der Waals surface area contributed by atoms with Gasteiger partial charge in [0.15, 0.2) is 0 Å². The van der Waals surface area contributed by atoms with E-state index in [0.29, 0.717) is 0 Å². The van der Waals surface area contributed by atoms with Crippen LogP contribution in [0.5, 0.6) is 0 Å². The smallest absolute Gasteiger partial charge is 0.211 e. The predicted octanol–water partition coefficient (Wildman–Crippen LogP) is 2.87. The second-order valence-electron chi connectivity index (χ2n) is 3.71. The van der Waals surface area contributed by atoms with Crippen LogP contribution in [0.3, 0.4) is 0 Å². The van der Waals surface area contributed by atoms with Gasteiger partial charge in [0, 0.05) is 0 Å². The Morgan fingerprint density at radius 1 is 1.06 bits per heavy atom. The molecule has 0 aliphatic carbocycles. The van der Waals surface area contributed by atoms with Gasteiger partial charge in [-0.2, -0.15) is 9.98 Å². The number of aliphatic imine (C=N–C) groups is 2. The number of nitrogens with zero attached hydrogens (tertiary/aromatic N) is 2. The molecular formula is C13H14N2O2. The molecule has 0 radical (unpaired) electrons. The molecule has 0 saturated heterocycles. The molecule has 17 heavy (non-hydrogen) atoms. The third kappa shape index (κ3) is 3.49. The molecule has 1 rings (SSSR count). The van der Waals surface area contributed by atoms with Crippen molar-refractivity contribution in [1.82, 2.24) is 0 Å². The second-order valence-corrected chi connectivity index (χ2v) is 3.71. The normalized spacial score (nSPS) is 13.1. The minimum absolute atomic E-state index is 0.147. The molecule has 0 aromatic heterocycles. The van der Waals surface area contributed by atoms with E-state index in [1.54, 1.807) is 6.08 Å². The Labute approximate surface area is 100 Å². The molecule has 1 aromatic carbocycles. The summed E-state index contributed by atoms with van der Waals surface area (Å²) in [5, 5.41) is 0. The monoisotopic (exact) mass is 230 g/mol. The van der Waals surface area contributed by atoms with Gasteiger partial charge in [0.25, 0.3) is 0 Å². The highest BCUT2D eigenvalue weighted by Crippen LogP contribution is 2.23. The summed E-state index contributed by atoms with van der Waals surface area (Å²) in [4.78, 5) is 27.8. The lowest BCUT2D eigenvalue weighted by Gasteiger charge is -2.10. The highest BCUT2D eigenvalue weighted by atomic mass is 16.1. The summed E-state index contributed by atoms with van der Waals surface area (Å²) in [6, 6.07) is 7.19. The van der Waals surface area contributed by atoms with Gasteiger partial charge in [-0.15, -0.1) is 0 Å². The van der Waals surface area contributed by atoms with E-state index < -0.39 is 0 Å². The van der Waals surface area contributed by atoms with Crippen LogP contribution < -0.4 is 0 Å². The zero-order valence-corrected chi connectivity index (χ0v) is 9.88. The van der Waals surface area contributed by atoms with Crippen molar-refractivity contribution < 1.29 is 9.59 Å². The molecule has 4 heteroatoms. The lowest BCUT2D eigenvalue weighted by atomic mass is 10.0. The molecule has 0 heterocycles. The third-order valence-electron chi connectivity index (χ3n) is 2.65. The molecule has 0 spiro atoms. The van der Waals surface area contributed by atoms with Crippen molar-refractivity contribution in [3.05, 3.63) is 35.4 Å². The van der Waals surface area contributed by atoms with E-state index in [9.17, 15) is 9.59 Å². The van der Waals surface area contributed by atoms with Crippen molar-refractivity contribution in [3.63, 3.8) is 0 Å². The maximum absolute atomic E-state index is 10.3. The highest BCUT2D eigenvalue weighted by Gasteiger charge is 2.08. The molecule has 1 aromatic rings. The van der Waals surface area contributed by atoms with E-state index in [4.69, 9.17) is 0 Å². The maximum atomic E-state index is 10.3. The minimum atomic E-state index is -0.198. The van der Waals surface area contributed by atoms with E-state index in [-0.39, 0.29) is 12.1 Å². The topological polar surface area (TPSA) is 58.9 Å². The highest BCUT2D eigenvalue weighted by molar-refractivity contribution is 5.37. The maximum Gasteiger partial charge on any atom is 0.235 e. The van der Waals surface area contributed by atoms with Crippen LogP contribution in [-0.2, 0) is 9.59 Å². The zero-order chi connectivity index (χ0) is 12.7. The van der Waals surface area contributed by atoms with E-state index >= 15 is 0 Å². The van der Waals surface area contributed by atoms with Crippen LogP contribution >= 0.6 is 0 Å². The van der Waals surface area contributed by atoms with E-state index in [0.717, 1.165) is 17.5 Å². The van der Waals surface area contributed by atoms with E-state index in [1.165, 1.54) is 6.08 Å². The molecule has 0 bridgehead atoms. The predicted molar refractivity (Wildman–Crippen MR) is 64.1 cm³/mol. The van der Waals surface area contributed by atoms with Crippen LogP contribution in [0.2, 0.25) is 0 Å². The fourth-order valence-corrected chi connectivity index (χ4v) is 1.62. The number of isocyanates is 2. The Morgan fingerprint density at radius 3 is 2.06 bits per heavy atom. The standard InChI is InChI=1S/C13H14N2O2/c1-3-13(15-9-17)12-6-4-11(5-7-12)10(2)14-8-16/h4-7,10,13H,3H2,1-2H3. The van der Waals surface area contributed by atoms with Crippen molar-refractivity contribution in [2.45, 2.75) is 32.4 Å². The van der Waals surface area contributed by atoms with Crippen LogP contribution in [0, 0.1) is 0 Å². The molecule has 2 atom stereocenters. The van der Waals surface area contributed by atoms with Gasteiger partial charge in [-0.05, 0) is 24.5 Å². The Kier molecular flexibility index (Phi) is 5.02. The lowest BCUT2D eigenvalue weighted by molar-refractivity contribution is 0.555. The van der Waals surface area contributed by atoms with Gasteiger partial charge in [0.2, 0.25) is 12.2 Å². The van der Waals surface area contributed by atoms with Gasteiger partial charge >= 0.3 is 0 Å². The molecule has 88 valence electrons. The Hall–Kier alpha value is -2.02. The quantitative estimate of drug-likeness (QED) is 0.576. The van der Waals surface area contributed by atoms with Crippen LogP contribution in [-0.4, -0.2) is 12.2 Å². The minimum Gasteiger partial charge on any atom is -0.211 e. The van der Waals surface area contributed by atoms with Crippen molar-refractivity contribution in [3.8, 4) is 0 Å². The average molecular weight is 230 g/mol. The Balaban J connectivity index is 2.93. The summed E-state index contributed by atoms with van der Waals surface area (Å²) < 4.78 is 0. The second kappa shape index (κ2) is 6.54. The number of hydrogen-bond acceptors (Lipinski definition) is 4.